The minimum Gasteiger partial charge on any atom is -0.497 e. The monoisotopic (exact) mass is 326 g/mol. The van der Waals surface area contributed by atoms with Crippen LogP contribution in [0.3, 0.4) is 0 Å². The Bertz CT molecular complexity index is 825. The summed E-state index contributed by atoms with van der Waals surface area (Å²) in [5.41, 5.74) is 0.308. The zero-order chi connectivity index (χ0) is 17.5. The topological polar surface area (TPSA) is 71.3 Å². The van der Waals surface area contributed by atoms with Crippen molar-refractivity contribution in [3.05, 3.63) is 59.4 Å². The van der Waals surface area contributed by atoms with Crippen LogP contribution < -0.4 is 14.8 Å². The maximum atomic E-state index is 13.6. The largest absolute Gasteiger partial charge is 0.497 e. The van der Waals surface area contributed by atoms with E-state index in [4.69, 9.17) is 9.47 Å². The zero-order valence-electron chi connectivity index (χ0n) is 13.2. The van der Waals surface area contributed by atoms with Crippen molar-refractivity contribution in [3.63, 3.8) is 0 Å². The van der Waals surface area contributed by atoms with Gasteiger partial charge in [0.15, 0.2) is 0 Å². The fraction of sp³-hybridized carbons (Fsp3) is 0.111. The summed E-state index contributed by atoms with van der Waals surface area (Å²) >= 11 is 0. The van der Waals surface area contributed by atoms with E-state index in [1.54, 1.807) is 24.3 Å². The van der Waals surface area contributed by atoms with Crippen LogP contribution in [0.15, 0.2) is 48.0 Å². The molecule has 0 saturated carbocycles. The van der Waals surface area contributed by atoms with E-state index >= 15 is 0 Å². The quantitative estimate of drug-likeness (QED) is 0.675. The number of para-hydroxylation sites is 1. The van der Waals surface area contributed by atoms with Crippen molar-refractivity contribution in [1.29, 1.82) is 5.26 Å². The standard InChI is InChI=1S/C18H15FN2O3/c1-23-14-7-8-17(24-2)12(10-14)9-13(11-20)18(22)21-16-6-4-3-5-15(16)19/h3-10H,1-2H3,(H,21,22)/b13-9+. The number of nitrogens with zero attached hydrogens (tertiary/aromatic N) is 1. The predicted molar refractivity (Wildman–Crippen MR) is 88.2 cm³/mol. The Morgan fingerprint density at radius 3 is 2.58 bits per heavy atom. The number of carbonyl (C=O) groups is 1. The Balaban J connectivity index is 2.34. The molecule has 122 valence electrons. The van der Waals surface area contributed by atoms with Gasteiger partial charge in [-0.3, -0.25) is 4.79 Å². The minimum absolute atomic E-state index is 0.00116. The lowest BCUT2D eigenvalue weighted by molar-refractivity contribution is -0.112. The van der Waals surface area contributed by atoms with E-state index in [1.165, 1.54) is 38.5 Å². The average molecular weight is 326 g/mol. The van der Waals surface area contributed by atoms with E-state index in [0.29, 0.717) is 17.1 Å². The van der Waals surface area contributed by atoms with Gasteiger partial charge in [-0.05, 0) is 36.4 Å². The number of hydrogen-bond acceptors (Lipinski definition) is 4. The van der Waals surface area contributed by atoms with Crippen LogP contribution >= 0.6 is 0 Å². The Kier molecular flexibility index (Phi) is 5.53. The summed E-state index contributed by atoms with van der Waals surface area (Å²) in [6.07, 6.45) is 1.36. The van der Waals surface area contributed by atoms with Crippen LogP contribution in [0.4, 0.5) is 10.1 Å². The molecule has 5 nitrogen and oxygen atoms in total. The van der Waals surface area contributed by atoms with Gasteiger partial charge in [0.2, 0.25) is 0 Å². The normalized spacial score (nSPS) is 10.7. The van der Waals surface area contributed by atoms with Gasteiger partial charge in [0, 0.05) is 5.56 Å². The molecule has 0 radical (unpaired) electrons. The highest BCUT2D eigenvalue weighted by Crippen LogP contribution is 2.26. The summed E-state index contributed by atoms with van der Waals surface area (Å²) in [5, 5.41) is 11.6. The van der Waals surface area contributed by atoms with Gasteiger partial charge in [-0.2, -0.15) is 5.26 Å². The van der Waals surface area contributed by atoms with Gasteiger partial charge >= 0.3 is 0 Å². The average Bonchev–Trinajstić information content (AvgIpc) is 2.61. The van der Waals surface area contributed by atoms with Crippen molar-refractivity contribution < 1.29 is 18.7 Å². The fourth-order valence-corrected chi connectivity index (χ4v) is 2.01. The van der Waals surface area contributed by atoms with Crippen LogP contribution in [-0.2, 0) is 4.79 Å². The predicted octanol–water partition coefficient (Wildman–Crippen LogP) is 3.39. The van der Waals surface area contributed by atoms with Crippen molar-refractivity contribution >= 4 is 17.7 Å². The second-order valence-corrected chi connectivity index (χ2v) is 4.71. The third-order valence-corrected chi connectivity index (χ3v) is 3.22. The number of nitriles is 1. The Labute approximate surface area is 138 Å². The van der Waals surface area contributed by atoms with Gasteiger partial charge in [0.05, 0.1) is 19.9 Å². The zero-order valence-corrected chi connectivity index (χ0v) is 13.2. The number of nitrogens with one attached hydrogen (secondary N) is 1. The summed E-state index contributed by atoms with van der Waals surface area (Å²) in [5.74, 6) is -0.273. The molecule has 0 atom stereocenters. The van der Waals surface area contributed by atoms with Gasteiger partial charge in [0.1, 0.15) is 29.0 Å². The number of anilines is 1. The highest BCUT2D eigenvalue weighted by atomic mass is 19.1. The SMILES string of the molecule is COc1ccc(OC)c(/C=C(\C#N)C(=O)Nc2ccccc2F)c1. The molecular weight excluding hydrogens is 311 g/mol. The van der Waals surface area contributed by atoms with Gasteiger partial charge in [-0.25, -0.2) is 4.39 Å². The molecular formula is C18H15FN2O3. The Hall–Kier alpha value is -3.33. The number of carbonyl (C=O) groups excluding carboxylic acids is 1. The molecule has 0 fully saturated rings. The Morgan fingerprint density at radius 2 is 1.96 bits per heavy atom. The van der Waals surface area contributed by atoms with E-state index in [1.807, 2.05) is 6.07 Å². The second-order valence-electron chi connectivity index (χ2n) is 4.71. The fourth-order valence-electron chi connectivity index (χ4n) is 2.01. The molecule has 0 aliphatic heterocycles. The maximum absolute atomic E-state index is 13.6. The van der Waals surface area contributed by atoms with E-state index < -0.39 is 11.7 Å². The number of ether oxygens (including phenoxy) is 2. The lowest BCUT2D eigenvalue weighted by atomic mass is 10.1. The van der Waals surface area contributed by atoms with Gasteiger partial charge in [-0.1, -0.05) is 12.1 Å². The minimum atomic E-state index is -0.715. The van der Waals surface area contributed by atoms with Crippen LogP contribution in [0.1, 0.15) is 5.56 Å². The van der Waals surface area contributed by atoms with E-state index in [0.717, 1.165) is 0 Å². The van der Waals surface area contributed by atoms with Gasteiger partial charge < -0.3 is 14.8 Å². The molecule has 0 aliphatic rings. The molecule has 0 bridgehead atoms. The van der Waals surface area contributed by atoms with Crippen LogP contribution in [-0.4, -0.2) is 20.1 Å². The maximum Gasteiger partial charge on any atom is 0.266 e. The molecule has 0 aliphatic carbocycles. The number of amides is 1. The third-order valence-electron chi connectivity index (χ3n) is 3.22. The number of benzene rings is 2. The van der Waals surface area contributed by atoms with E-state index in [2.05, 4.69) is 5.32 Å². The first-order valence-corrected chi connectivity index (χ1v) is 6.98. The molecule has 0 spiro atoms. The van der Waals surface area contributed by atoms with Crippen molar-refractivity contribution in [3.8, 4) is 17.6 Å². The number of hydrogen-bond donors (Lipinski definition) is 1. The molecule has 2 aromatic rings. The van der Waals surface area contributed by atoms with Crippen LogP contribution in [0.2, 0.25) is 0 Å². The van der Waals surface area contributed by atoms with Crippen LogP contribution in [0.5, 0.6) is 11.5 Å². The molecule has 2 rings (SSSR count). The molecule has 1 amide bonds. The summed E-state index contributed by atoms with van der Waals surface area (Å²) in [6.45, 7) is 0. The lowest BCUT2D eigenvalue weighted by Gasteiger charge is -2.09. The van der Waals surface area contributed by atoms with Crippen molar-refractivity contribution in [1.82, 2.24) is 0 Å². The molecule has 0 heterocycles. The van der Waals surface area contributed by atoms with E-state index in [-0.39, 0.29) is 11.3 Å². The number of methoxy groups -OCH3 is 2. The smallest absolute Gasteiger partial charge is 0.266 e. The summed E-state index contributed by atoms with van der Waals surface area (Å²) in [4.78, 5) is 12.2. The summed E-state index contributed by atoms with van der Waals surface area (Å²) in [6, 6.07) is 12.5. The van der Waals surface area contributed by atoms with E-state index in [9.17, 15) is 14.4 Å². The Morgan fingerprint density at radius 1 is 1.21 bits per heavy atom. The molecule has 1 N–H and O–H groups in total. The molecule has 24 heavy (non-hydrogen) atoms. The van der Waals surface area contributed by atoms with Gasteiger partial charge in [0.25, 0.3) is 5.91 Å². The lowest BCUT2D eigenvalue weighted by Crippen LogP contribution is -2.14. The molecule has 2 aromatic carbocycles. The van der Waals surface area contributed by atoms with Gasteiger partial charge in [-0.15, -0.1) is 0 Å². The molecule has 6 heteroatoms. The first-order valence-electron chi connectivity index (χ1n) is 6.98. The van der Waals surface area contributed by atoms with Crippen molar-refractivity contribution in [2.75, 3.05) is 19.5 Å². The number of rotatable bonds is 5. The summed E-state index contributed by atoms with van der Waals surface area (Å²) < 4.78 is 23.9. The van der Waals surface area contributed by atoms with Crippen LogP contribution in [0.25, 0.3) is 6.08 Å². The number of halogens is 1. The first-order chi connectivity index (χ1) is 11.6. The van der Waals surface area contributed by atoms with Crippen molar-refractivity contribution in [2.45, 2.75) is 0 Å². The summed E-state index contributed by atoms with van der Waals surface area (Å²) in [7, 11) is 2.98. The molecule has 0 saturated heterocycles. The molecule has 0 unspecified atom stereocenters. The second kappa shape index (κ2) is 7.79. The van der Waals surface area contributed by atoms with Crippen LogP contribution in [0, 0.1) is 17.1 Å². The highest BCUT2D eigenvalue weighted by Gasteiger charge is 2.13. The highest BCUT2D eigenvalue weighted by molar-refractivity contribution is 6.09. The molecule has 0 aromatic heterocycles. The van der Waals surface area contributed by atoms with Crippen molar-refractivity contribution in [2.24, 2.45) is 0 Å². The third kappa shape index (κ3) is 3.90. The first kappa shape index (κ1) is 17.0.